The average molecular weight is 498 g/mol. The Bertz CT molecular complexity index is 975. The molecule has 0 radical (unpaired) electrons. The van der Waals surface area contributed by atoms with Crippen molar-refractivity contribution in [2.45, 2.75) is 0 Å². The fourth-order valence-electron chi connectivity index (χ4n) is 2.03. The lowest BCUT2D eigenvalue weighted by Crippen LogP contribution is -1.91. The van der Waals surface area contributed by atoms with Gasteiger partial charge in [-0.05, 0) is 59.0 Å². The number of thiazole rings is 1. The van der Waals surface area contributed by atoms with E-state index in [0.717, 1.165) is 20.5 Å². The number of halogens is 3. The van der Waals surface area contributed by atoms with Gasteiger partial charge in [0.15, 0.2) is 0 Å². The Morgan fingerprint density at radius 2 is 1.92 bits per heavy atom. The average Bonchev–Trinajstić information content (AvgIpc) is 3.09. The van der Waals surface area contributed by atoms with E-state index >= 15 is 0 Å². The molecule has 7 heteroatoms. The van der Waals surface area contributed by atoms with E-state index in [0.29, 0.717) is 20.6 Å². The summed E-state index contributed by atoms with van der Waals surface area (Å²) in [6.45, 7) is 0. The van der Waals surface area contributed by atoms with Gasteiger partial charge in [0.05, 0.1) is 15.7 Å². The number of allylic oxidation sites excluding steroid dienone is 1. The van der Waals surface area contributed by atoms with Crippen LogP contribution in [0.4, 0.5) is 5.69 Å². The minimum absolute atomic E-state index is 0.467. The number of aromatic nitrogens is 1. The summed E-state index contributed by atoms with van der Waals surface area (Å²) in [6, 6.07) is 15.4. The zero-order valence-electron chi connectivity index (χ0n) is 12.6. The first-order valence-corrected chi connectivity index (χ1v) is 9.82. The summed E-state index contributed by atoms with van der Waals surface area (Å²) in [5, 5.41) is 16.1. The van der Waals surface area contributed by atoms with E-state index in [2.05, 4.69) is 39.0 Å². The predicted molar refractivity (Wildman–Crippen MR) is 114 cm³/mol. The first kappa shape index (κ1) is 18.2. The number of nitriles is 1. The van der Waals surface area contributed by atoms with E-state index in [9.17, 15) is 5.26 Å². The van der Waals surface area contributed by atoms with Gasteiger partial charge < -0.3 is 5.32 Å². The number of hydrogen-bond acceptors (Lipinski definition) is 4. The van der Waals surface area contributed by atoms with Crippen molar-refractivity contribution in [2.75, 3.05) is 5.32 Å². The molecule has 0 aliphatic heterocycles. The Hall–Kier alpha value is -1.59. The van der Waals surface area contributed by atoms with Crippen LogP contribution in [0, 0.1) is 14.9 Å². The largest absolute Gasteiger partial charge is 0.360 e. The molecule has 3 rings (SSSR count). The van der Waals surface area contributed by atoms with E-state index < -0.39 is 0 Å². The summed E-state index contributed by atoms with van der Waals surface area (Å²) >= 11 is 15.7. The molecule has 1 N–H and O–H groups in total. The van der Waals surface area contributed by atoms with E-state index in [4.69, 9.17) is 23.2 Å². The molecule has 0 aliphatic carbocycles. The lowest BCUT2D eigenvalue weighted by atomic mass is 10.2. The molecule has 3 aromatic rings. The fourth-order valence-corrected chi connectivity index (χ4v) is 3.48. The lowest BCUT2D eigenvalue weighted by Gasteiger charge is -2.01. The molecule has 0 fully saturated rings. The number of nitrogens with one attached hydrogen (secondary N) is 1. The van der Waals surface area contributed by atoms with Gasteiger partial charge in [0.1, 0.15) is 16.6 Å². The predicted octanol–water partition coefficient (Wildman–Crippen LogP) is 6.70. The summed E-state index contributed by atoms with van der Waals surface area (Å²) in [4.78, 5) is 4.53. The van der Waals surface area contributed by atoms with Gasteiger partial charge in [-0.15, -0.1) is 11.3 Å². The monoisotopic (exact) mass is 497 g/mol. The van der Waals surface area contributed by atoms with Crippen molar-refractivity contribution in [1.82, 2.24) is 4.98 Å². The van der Waals surface area contributed by atoms with Crippen molar-refractivity contribution in [3.05, 3.63) is 72.7 Å². The number of rotatable bonds is 4. The second-order valence-corrected chi connectivity index (χ2v) is 7.91. The van der Waals surface area contributed by atoms with Crippen LogP contribution in [0.25, 0.3) is 16.8 Å². The molecular formula is C18H10Cl2IN3S. The van der Waals surface area contributed by atoms with Crippen molar-refractivity contribution in [3.8, 4) is 17.3 Å². The number of anilines is 1. The standard InChI is InChI=1S/C18H10Cl2IN3S/c19-15-6-1-11(7-16(15)20)17-10-25-18(24-17)12(8-22)9-23-14-4-2-13(21)3-5-14/h1-7,9-10,23H/b12-9+. The molecule has 1 heterocycles. The lowest BCUT2D eigenvalue weighted by molar-refractivity contribution is 1.36. The third kappa shape index (κ3) is 4.53. The minimum atomic E-state index is 0.467. The zero-order valence-corrected chi connectivity index (χ0v) is 17.1. The number of benzene rings is 2. The number of hydrogen-bond donors (Lipinski definition) is 1. The molecule has 0 spiro atoms. The molecule has 0 saturated heterocycles. The Morgan fingerprint density at radius 1 is 1.16 bits per heavy atom. The van der Waals surface area contributed by atoms with Crippen LogP contribution in [0.3, 0.4) is 0 Å². The van der Waals surface area contributed by atoms with E-state index in [1.54, 1.807) is 18.3 Å². The van der Waals surface area contributed by atoms with Crippen LogP contribution in [0.15, 0.2) is 54.0 Å². The molecule has 0 saturated carbocycles. The van der Waals surface area contributed by atoms with Crippen molar-refractivity contribution >= 4 is 68.4 Å². The highest BCUT2D eigenvalue weighted by molar-refractivity contribution is 14.1. The Morgan fingerprint density at radius 3 is 2.60 bits per heavy atom. The molecular weight excluding hydrogens is 488 g/mol. The van der Waals surface area contributed by atoms with Crippen LogP contribution in [0.2, 0.25) is 10.0 Å². The molecule has 0 atom stereocenters. The van der Waals surface area contributed by atoms with Crippen LogP contribution in [-0.2, 0) is 0 Å². The van der Waals surface area contributed by atoms with Gasteiger partial charge in [-0.25, -0.2) is 4.98 Å². The van der Waals surface area contributed by atoms with Gasteiger partial charge in [-0.3, -0.25) is 0 Å². The van der Waals surface area contributed by atoms with E-state index in [1.807, 2.05) is 35.7 Å². The highest BCUT2D eigenvalue weighted by Crippen LogP contribution is 2.30. The van der Waals surface area contributed by atoms with Gasteiger partial charge in [0, 0.05) is 26.4 Å². The molecule has 0 amide bonds. The second-order valence-electron chi connectivity index (χ2n) is 4.99. The maximum absolute atomic E-state index is 9.43. The summed E-state index contributed by atoms with van der Waals surface area (Å²) in [6.07, 6.45) is 1.67. The molecule has 25 heavy (non-hydrogen) atoms. The SMILES string of the molecule is N#C/C(=C\Nc1ccc(I)cc1)c1nc(-c2ccc(Cl)c(Cl)c2)cs1. The van der Waals surface area contributed by atoms with Gasteiger partial charge >= 0.3 is 0 Å². The minimum Gasteiger partial charge on any atom is -0.360 e. The summed E-state index contributed by atoms with van der Waals surface area (Å²) in [5.41, 5.74) is 3.00. The Balaban J connectivity index is 1.83. The highest BCUT2D eigenvalue weighted by atomic mass is 127. The van der Waals surface area contributed by atoms with Crippen molar-refractivity contribution in [1.29, 1.82) is 5.26 Å². The van der Waals surface area contributed by atoms with Crippen molar-refractivity contribution < 1.29 is 0 Å². The molecule has 1 aromatic heterocycles. The smallest absolute Gasteiger partial charge is 0.136 e. The zero-order chi connectivity index (χ0) is 17.8. The van der Waals surface area contributed by atoms with Crippen LogP contribution in [-0.4, -0.2) is 4.98 Å². The maximum atomic E-state index is 9.43. The molecule has 124 valence electrons. The van der Waals surface area contributed by atoms with E-state index in [1.165, 1.54) is 11.3 Å². The van der Waals surface area contributed by atoms with Gasteiger partial charge in [0.2, 0.25) is 0 Å². The molecule has 3 nitrogen and oxygen atoms in total. The quantitative estimate of drug-likeness (QED) is 0.322. The second kappa shape index (κ2) is 8.19. The maximum Gasteiger partial charge on any atom is 0.136 e. The Labute approximate surface area is 173 Å². The summed E-state index contributed by atoms with van der Waals surface area (Å²) < 4.78 is 1.15. The first-order valence-electron chi connectivity index (χ1n) is 7.10. The van der Waals surface area contributed by atoms with Crippen molar-refractivity contribution in [2.24, 2.45) is 0 Å². The molecule has 2 aromatic carbocycles. The van der Waals surface area contributed by atoms with Gasteiger partial charge in [-0.2, -0.15) is 5.26 Å². The van der Waals surface area contributed by atoms with Crippen LogP contribution in [0.5, 0.6) is 0 Å². The van der Waals surface area contributed by atoms with Crippen LogP contribution < -0.4 is 5.32 Å². The van der Waals surface area contributed by atoms with E-state index in [-0.39, 0.29) is 0 Å². The fraction of sp³-hybridized carbons (Fsp3) is 0. The summed E-state index contributed by atoms with van der Waals surface area (Å²) in [7, 11) is 0. The Kier molecular flexibility index (Phi) is 5.97. The third-order valence-corrected chi connectivity index (χ3v) is 5.63. The van der Waals surface area contributed by atoms with Gasteiger partial charge in [-0.1, -0.05) is 29.3 Å². The van der Waals surface area contributed by atoms with Crippen molar-refractivity contribution in [3.63, 3.8) is 0 Å². The molecule has 0 unspecified atom stereocenters. The summed E-state index contributed by atoms with van der Waals surface area (Å²) in [5.74, 6) is 0. The van der Waals surface area contributed by atoms with Gasteiger partial charge in [0.25, 0.3) is 0 Å². The number of nitrogens with zero attached hydrogens (tertiary/aromatic N) is 2. The first-order chi connectivity index (χ1) is 12.1. The third-order valence-electron chi connectivity index (χ3n) is 3.30. The van der Waals surface area contributed by atoms with Crippen LogP contribution in [0.1, 0.15) is 5.01 Å². The molecule has 0 bridgehead atoms. The molecule has 0 aliphatic rings. The van der Waals surface area contributed by atoms with Crippen LogP contribution >= 0.6 is 57.1 Å². The highest BCUT2D eigenvalue weighted by Gasteiger charge is 2.10. The topological polar surface area (TPSA) is 48.7 Å². The normalized spacial score (nSPS) is 11.2.